The second kappa shape index (κ2) is 6.57. The molecule has 0 unspecified atom stereocenters. The molecule has 0 fully saturated rings. The lowest BCUT2D eigenvalue weighted by atomic mass is 10.3. The van der Waals surface area contributed by atoms with Crippen molar-refractivity contribution in [2.75, 3.05) is 0 Å². The fraction of sp³-hybridized carbons (Fsp3) is 0. The van der Waals surface area contributed by atoms with E-state index in [1.165, 1.54) is 22.7 Å². The third kappa shape index (κ3) is 2.69. The Morgan fingerprint density at radius 3 is 1.56 bits per heavy atom. The first-order valence-electron chi connectivity index (χ1n) is 8.31. The number of fused-ring (bicyclic) bond motifs is 2. The first-order valence-corrected chi connectivity index (χ1v) is 11.2. The Morgan fingerprint density at radius 2 is 1.04 bits per heavy atom. The molecular formula is C20H13N2O2PS2. The van der Waals surface area contributed by atoms with Crippen LogP contribution in [0.25, 0.3) is 20.4 Å². The minimum absolute atomic E-state index is 0.0478. The number of benzene rings is 3. The summed E-state index contributed by atoms with van der Waals surface area (Å²) in [4.78, 5) is 25.9. The van der Waals surface area contributed by atoms with Crippen molar-refractivity contribution in [3.63, 3.8) is 0 Å². The maximum Gasteiger partial charge on any atom is 0.313 e. The van der Waals surface area contributed by atoms with Gasteiger partial charge in [0.15, 0.2) is 0 Å². The highest BCUT2D eigenvalue weighted by Crippen LogP contribution is 2.42. The molecule has 2 heterocycles. The van der Waals surface area contributed by atoms with Crippen molar-refractivity contribution in [2.45, 2.75) is 0 Å². The second-order valence-electron chi connectivity index (χ2n) is 5.92. The van der Waals surface area contributed by atoms with Crippen LogP contribution in [-0.2, 0) is 0 Å². The van der Waals surface area contributed by atoms with E-state index < -0.39 is 8.22 Å². The average Bonchev–Trinajstić information content (AvgIpc) is 3.20. The molecular weight excluding hydrogens is 395 g/mol. The Balaban J connectivity index is 1.91. The average molecular weight is 408 g/mol. The second-order valence-corrected chi connectivity index (χ2v) is 9.80. The van der Waals surface area contributed by atoms with Crippen LogP contribution in [0.5, 0.6) is 0 Å². The van der Waals surface area contributed by atoms with Crippen molar-refractivity contribution in [3.8, 4) is 0 Å². The molecule has 0 radical (unpaired) electrons. The van der Waals surface area contributed by atoms with Crippen LogP contribution >= 0.6 is 30.9 Å². The molecule has 0 aliphatic heterocycles. The lowest BCUT2D eigenvalue weighted by Crippen LogP contribution is -2.24. The van der Waals surface area contributed by atoms with Gasteiger partial charge in [0.05, 0.1) is 20.4 Å². The predicted molar refractivity (Wildman–Crippen MR) is 116 cm³/mol. The molecule has 2 aromatic heterocycles. The minimum atomic E-state index is -1.38. The van der Waals surface area contributed by atoms with Crippen LogP contribution < -0.4 is 15.1 Å². The summed E-state index contributed by atoms with van der Waals surface area (Å²) in [5.41, 5.74) is 1.73. The molecule has 5 rings (SSSR count). The molecule has 0 bridgehead atoms. The topological polar surface area (TPSA) is 44.0 Å². The summed E-state index contributed by atoms with van der Waals surface area (Å²) in [6, 6.07) is 25.3. The number of thiazole rings is 2. The monoisotopic (exact) mass is 408 g/mol. The van der Waals surface area contributed by atoms with E-state index in [0.29, 0.717) is 0 Å². The van der Waals surface area contributed by atoms with Crippen LogP contribution in [0.15, 0.2) is 88.5 Å². The Kier molecular flexibility index (Phi) is 4.05. The largest absolute Gasteiger partial charge is 0.313 e. The lowest BCUT2D eigenvalue weighted by Gasteiger charge is -2.20. The Morgan fingerprint density at radius 1 is 0.593 bits per heavy atom. The van der Waals surface area contributed by atoms with E-state index in [-0.39, 0.29) is 9.75 Å². The van der Waals surface area contributed by atoms with Crippen LogP contribution in [0.1, 0.15) is 0 Å². The first kappa shape index (κ1) is 16.6. The van der Waals surface area contributed by atoms with Gasteiger partial charge in [-0.3, -0.25) is 18.3 Å². The zero-order chi connectivity index (χ0) is 18.4. The van der Waals surface area contributed by atoms with Gasteiger partial charge in [0, 0.05) is 5.30 Å². The van der Waals surface area contributed by atoms with Crippen molar-refractivity contribution in [2.24, 2.45) is 0 Å². The zero-order valence-corrected chi connectivity index (χ0v) is 16.5. The van der Waals surface area contributed by atoms with Crippen LogP contribution in [0.3, 0.4) is 0 Å². The molecule has 0 saturated carbocycles. The number of rotatable bonds is 3. The third-order valence-electron chi connectivity index (χ3n) is 4.29. The van der Waals surface area contributed by atoms with Gasteiger partial charge in [-0.05, 0) is 24.3 Å². The molecule has 5 aromatic rings. The quantitative estimate of drug-likeness (QED) is 0.414. The molecule has 0 amide bonds. The number of hydrogen-bond acceptors (Lipinski definition) is 4. The highest BCUT2D eigenvalue weighted by atomic mass is 32.1. The van der Waals surface area contributed by atoms with Crippen LogP contribution in [0.2, 0.25) is 0 Å². The molecule has 27 heavy (non-hydrogen) atoms. The van der Waals surface area contributed by atoms with Crippen molar-refractivity contribution >= 4 is 56.6 Å². The number of hydrogen-bond donors (Lipinski definition) is 0. The van der Waals surface area contributed by atoms with Gasteiger partial charge in [-0.15, -0.1) is 0 Å². The maximum absolute atomic E-state index is 13.0. The van der Waals surface area contributed by atoms with Crippen LogP contribution in [0, 0.1) is 0 Å². The van der Waals surface area contributed by atoms with Gasteiger partial charge in [0.25, 0.3) is 0 Å². The molecule has 0 spiro atoms. The summed E-state index contributed by atoms with van der Waals surface area (Å²) in [7, 11) is -1.38. The van der Waals surface area contributed by atoms with E-state index in [1.807, 2.05) is 78.9 Å². The molecule has 0 aliphatic rings. The number of para-hydroxylation sites is 2. The van der Waals surface area contributed by atoms with Gasteiger partial charge in [0.1, 0.15) is 8.22 Å². The molecule has 0 aliphatic carbocycles. The van der Waals surface area contributed by atoms with E-state index in [4.69, 9.17) is 0 Å². The zero-order valence-electron chi connectivity index (χ0n) is 14.0. The highest BCUT2D eigenvalue weighted by Gasteiger charge is 2.25. The minimum Gasteiger partial charge on any atom is -0.256 e. The predicted octanol–water partition coefficient (Wildman–Crippen LogP) is 4.47. The fourth-order valence-electron chi connectivity index (χ4n) is 3.15. The van der Waals surface area contributed by atoms with Gasteiger partial charge in [0.2, 0.25) is 0 Å². The van der Waals surface area contributed by atoms with Crippen LogP contribution in [0.4, 0.5) is 0 Å². The number of aromatic nitrogens is 2. The van der Waals surface area contributed by atoms with Crippen molar-refractivity contribution in [1.82, 2.24) is 8.68 Å². The van der Waals surface area contributed by atoms with Gasteiger partial charge in [-0.2, -0.15) is 0 Å². The number of nitrogens with zero attached hydrogens (tertiary/aromatic N) is 2. The molecule has 3 aromatic carbocycles. The fourth-order valence-corrected chi connectivity index (χ4v) is 7.71. The van der Waals surface area contributed by atoms with E-state index in [0.717, 1.165) is 25.7 Å². The van der Waals surface area contributed by atoms with E-state index in [2.05, 4.69) is 0 Å². The summed E-state index contributed by atoms with van der Waals surface area (Å²) in [5.74, 6) is 0. The third-order valence-corrected chi connectivity index (χ3v) is 8.72. The summed E-state index contributed by atoms with van der Waals surface area (Å²) >= 11 is 2.44. The molecule has 7 heteroatoms. The standard InChI is InChI=1S/C20H13N2O2PS2/c23-19-21(15-10-4-6-12-17(15)26-19)25(14-8-2-1-3-9-14)22-16-11-5-7-13-18(16)27-20(22)24/h1-13H. The van der Waals surface area contributed by atoms with Gasteiger partial charge >= 0.3 is 9.75 Å². The van der Waals surface area contributed by atoms with Crippen LogP contribution in [-0.4, -0.2) is 8.68 Å². The Bertz CT molecular complexity index is 1290. The Hall–Kier alpha value is -2.53. The van der Waals surface area contributed by atoms with Gasteiger partial charge < -0.3 is 0 Å². The first-order chi connectivity index (χ1) is 13.2. The van der Waals surface area contributed by atoms with E-state index >= 15 is 0 Å². The normalized spacial score (nSPS) is 11.6. The molecule has 0 atom stereocenters. The van der Waals surface area contributed by atoms with E-state index in [1.54, 1.807) is 8.68 Å². The SMILES string of the molecule is O=c1sc2ccccc2n1P(c1ccccc1)n1c(=O)sc2ccccc21. The molecule has 0 N–H and O–H groups in total. The molecule has 4 nitrogen and oxygen atoms in total. The van der Waals surface area contributed by atoms with Crippen molar-refractivity contribution < 1.29 is 0 Å². The molecule has 132 valence electrons. The Labute approximate surface area is 163 Å². The molecule has 0 saturated heterocycles. The summed E-state index contributed by atoms with van der Waals surface area (Å²) in [6.07, 6.45) is 0. The van der Waals surface area contributed by atoms with E-state index in [9.17, 15) is 9.59 Å². The van der Waals surface area contributed by atoms with Crippen molar-refractivity contribution in [1.29, 1.82) is 0 Å². The summed E-state index contributed by atoms with van der Waals surface area (Å²) in [5, 5.41) is 0.962. The van der Waals surface area contributed by atoms with Gasteiger partial charge in [-0.1, -0.05) is 77.3 Å². The lowest BCUT2D eigenvalue weighted by molar-refractivity contribution is 1.16. The van der Waals surface area contributed by atoms with Crippen molar-refractivity contribution in [3.05, 3.63) is 98.2 Å². The summed E-state index contributed by atoms with van der Waals surface area (Å²) in [6.45, 7) is 0. The highest BCUT2D eigenvalue weighted by molar-refractivity contribution is 7.63. The maximum atomic E-state index is 13.0. The van der Waals surface area contributed by atoms with Gasteiger partial charge in [-0.25, -0.2) is 0 Å². The summed E-state index contributed by atoms with van der Waals surface area (Å²) < 4.78 is 5.45. The smallest absolute Gasteiger partial charge is 0.256 e.